The van der Waals surface area contributed by atoms with Gasteiger partial charge >= 0.3 is 123 Å². The molecule has 0 saturated heterocycles. The molecule has 284 valence electrons. The molecular weight excluding hydrogens is 810 g/mol. The molecule has 6 rings (SSSR count). The van der Waals surface area contributed by atoms with E-state index >= 15 is 0 Å². The molecule has 0 N–H and O–H groups in total. The molecule has 0 nitrogen and oxygen atoms in total. The van der Waals surface area contributed by atoms with Crippen molar-refractivity contribution in [2.45, 2.75) is 112 Å². The van der Waals surface area contributed by atoms with Crippen molar-refractivity contribution in [1.29, 1.82) is 0 Å². The molecule has 0 unspecified atom stereocenters. The Bertz CT molecular complexity index is 1860. The second-order valence-corrected chi connectivity index (χ2v) is 19.7. The van der Waals surface area contributed by atoms with Crippen LogP contribution >= 0.6 is 48.0 Å². The van der Waals surface area contributed by atoms with Crippen LogP contribution in [0.5, 0.6) is 0 Å². The van der Waals surface area contributed by atoms with Crippen LogP contribution in [0.15, 0.2) is 91.0 Å². The van der Waals surface area contributed by atoms with E-state index in [-0.39, 0.29) is 35.6 Å². The quantitative estimate of drug-likeness (QED) is 0.155. The summed E-state index contributed by atoms with van der Waals surface area (Å²) >= 11 is 11.0. The maximum absolute atomic E-state index is 5.84. The van der Waals surface area contributed by atoms with E-state index in [0.29, 0.717) is 5.41 Å². The minimum absolute atomic E-state index is 0. The van der Waals surface area contributed by atoms with Gasteiger partial charge in [-0.2, -0.15) is 46.5 Å². The van der Waals surface area contributed by atoms with Crippen molar-refractivity contribution in [3.8, 4) is 11.1 Å². The molecule has 0 radical (unpaired) electrons. The Labute approximate surface area is 354 Å². The Hall–Kier alpha value is -1.99. The van der Waals surface area contributed by atoms with Crippen molar-refractivity contribution in [2.75, 3.05) is 0 Å². The van der Waals surface area contributed by atoms with Crippen molar-refractivity contribution in [2.24, 2.45) is 0 Å². The normalized spacial score (nSPS) is 11.6. The van der Waals surface area contributed by atoms with Crippen LogP contribution in [0.25, 0.3) is 11.1 Å². The van der Waals surface area contributed by atoms with Crippen molar-refractivity contribution in [3.63, 3.8) is 0 Å². The SMILES string of the molecule is CC(C)(C)c1[c-]c2c(cc1)-c1ccc(C(C)(C)C)cc1C2.CCc1cc(C(C)(C)C)c(CC)[cH-]1.Cl.Cl.Clc1ccc([CH]=[Zr]=[CH]c2ccc(Cl)cc2)cc1. The minimum atomic E-state index is -0.623. The van der Waals surface area contributed by atoms with Crippen LogP contribution in [0.1, 0.15) is 126 Å². The topological polar surface area (TPSA) is 0 Å². The van der Waals surface area contributed by atoms with Gasteiger partial charge in [0.15, 0.2) is 0 Å². The summed E-state index contributed by atoms with van der Waals surface area (Å²) in [7, 11) is 0. The third-order valence-corrected chi connectivity index (χ3v) is 12.3. The maximum atomic E-state index is 5.84. The molecule has 1 aliphatic carbocycles. The number of rotatable bonds is 4. The summed E-state index contributed by atoms with van der Waals surface area (Å²) in [5, 5.41) is 1.57. The summed E-state index contributed by atoms with van der Waals surface area (Å²) < 4.78 is 4.66. The summed E-state index contributed by atoms with van der Waals surface area (Å²) in [6.07, 6.45) is 3.34. The van der Waals surface area contributed by atoms with Crippen molar-refractivity contribution < 1.29 is 22.3 Å². The molecule has 0 heterocycles. The molecule has 0 saturated carbocycles. The molecule has 0 aromatic heterocycles. The van der Waals surface area contributed by atoms with Crippen LogP contribution < -0.4 is 0 Å². The predicted molar refractivity (Wildman–Crippen MR) is 238 cm³/mol. The Morgan fingerprint density at radius 2 is 1.17 bits per heavy atom. The van der Waals surface area contributed by atoms with Crippen molar-refractivity contribution >= 4 is 55.4 Å². The molecule has 1 aliphatic rings. The van der Waals surface area contributed by atoms with Crippen LogP contribution in [0, 0.1) is 6.07 Å². The predicted octanol–water partition coefficient (Wildman–Crippen LogP) is 14.4. The zero-order valence-electron chi connectivity index (χ0n) is 33.5. The van der Waals surface area contributed by atoms with Gasteiger partial charge < -0.3 is 0 Å². The van der Waals surface area contributed by atoms with Gasteiger partial charge in [0.1, 0.15) is 0 Å². The van der Waals surface area contributed by atoms with Gasteiger partial charge in [0, 0.05) is 0 Å². The first-order valence-corrected chi connectivity index (χ1v) is 21.9. The van der Waals surface area contributed by atoms with E-state index in [1.165, 1.54) is 61.2 Å². The summed E-state index contributed by atoms with van der Waals surface area (Å²) in [5.74, 6) is 0. The standard InChI is InChI=1S/C21H25.C13H21.2C7H5Cl.2ClH.Zr/c1-20(2,3)16-7-9-18-14(12-16)11-15-13-17(21(4,5)6)8-10-19(15)18;1-6-10-8-11(7-2)12(9-10)13(3,4)5;2*1-6-2-4-7(8)5-3-6;;;/h7-10,12H,11H2,1-6H3;8-9H,6-7H2,1-5H3;2*1-5H;2*1H;/q2*-1;;;;;. The number of fused-ring (bicyclic) bond motifs is 3. The number of hydrogen-bond donors (Lipinski definition) is 0. The van der Waals surface area contributed by atoms with Gasteiger partial charge in [-0.15, -0.1) is 35.9 Å². The fraction of sp³-hybridized carbons (Fsp3) is 0.354. The van der Waals surface area contributed by atoms with E-state index in [9.17, 15) is 0 Å². The number of halogens is 4. The third kappa shape index (κ3) is 13.6. The number of hydrogen-bond acceptors (Lipinski definition) is 0. The molecular formula is C48H58Cl4Zr-2. The molecule has 0 aliphatic heterocycles. The Kier molecular flexibility index (Phi) is 18.0. The Morgan fingerprint density at radius 3 is 1.60 bits per heavy atom. The molecule has 5 aromatic rings. The second kappa shape index (κ2) is 20.3. The van der Waals surface area contributed by atoms with Crippen LogP contribution in [0.2, 0.25) is 10.0 Å². The monoisotopic (exact) mass is 864 g/mol. The van der Waals surface area contributed by atoms with Crippen LogP contribution in [0.4, 0.5) is 0 Å². The van der Waals surface area contributed by atoms with Gasteiger partial charge in [-0.3, -0.25) is 0 Å². The summed E-state index contributed by atoms with van der Waals surface area (Å²) in [4.78, 5) is 0. The van der Waals surface area contributed by atoms with Crippen LogP contribution in [-0.2, 0) is 57.8 Å². The fourth-order valence-electron chi connectivity index (χ4n) is 6.20. The molecule has 0 atom stereocenters. The molecule has 0 spiro atoms. The van der Waals surface area contributed by atoms with E-state index in [2.05, 4.69) is 156 Å². The van der Waals surface area contributed by atoms with Crippen LogP contribution in [0.3, 0.4) is 0 Å². The first kappa shape index (κ1) is 47.2. The second-order valence-electron chi connectivity index (χ2n) is 16.6. The molecule has 0 amide bonds. The average molecular weight is 868 g/mol. The van der Waals surface area contributed by atoms with Gasteiger partial charge in [0.25, 0.3) is 0 Å². The average Bonchev–Trinajstić information content (AvgIpc) is 3.67. The van der Waals surface area contributed by atoms with E-state index in [0.717, 1.165) is 29.3 Å². The van der Waals surface area contributed by atoms with E-state index in [1.807, 2.05) is 24.3 Å². The molecule has 0 bridgehead atoms. The summed E-state index contributed by atoms with van der Waals surface area (Å²) in [5.41, 5.74) is 16.1. The van der Waals surface area contributed by atoms with Crippen molar-refractivity contribution in [1.82, 2.24) is 0 Å². The van der Waals surface area contributed by atoms with Gasteiger partial charge in [-0.25, -0.2) is 6.07 Å². The van der Waals surface area contributed by atoms with E-state index in [1.54, 1.807) is 0 Å². The summed E-state index contributed by atoms with van der Waals surface area (Å²) in [6.45, 7) is 24.9. The molecule has 53 heavy (non-hydrogen) atoms. The fourth-order valence-corrected chi connectivity index (χ4v) is 8.55. The first-order chi connectivity index (χ1) is 23.9. The number of aryl methyl sites for hydroxylation is 2. The van der Waals surface area contributed by atoms with Crippen LogP contribution in [-0.4, -0.2) is 7.42 Å². The molecule has 0 fully saturated rings. The van der Waals surface area contributed by atoms with Crippen molar-refractivity contribution in [3.05, 3.63) is 157 Å². The first-order valence-electron chi connectivity index (χ1n) is 18.3. The summed E-state index contributed by atoms with van der Waals surface area (Å²) in [6, 6.07) is 35.8. The van der Waals surface area contributed by atoms with Gasteiger partial charge in [0.2, 0.25) is 0 Å². The van der Waals surface area contributed by atoms with E-state index in [4.69, 9.17) is 23.2 Å². The van der Waals surface area contributed by atoms with Gasteiger partial charge in [-0.1, -0.05) is 118 Å². The third-order valence-electron chi connectivity index (χ3n) is 9.34. The zero-order valence-corrected chi connectivity index (χ0v) is 39.1. The Balaban J connectivity index is 0.000000278. The Morgan fingerprint density at radius 1 is 0.642 bits per heavy atom. The van der Waals surface area contributed by atoms with Gasteiger partial charge in [-0.05, 0) is 28.4 Å². The van der Waals surface area contributed by atoms with E-state index < -0.39 is 22.3 Å². The van der Waals surface area contributed by atoms with Gasteiger partial charge in [0.05, 0.1) is 0 Å². The molecule has 5 aromatic carbocycles. The zero-order chi connectivity index (χ0) is 37.6. The number of benzene rings is 4. The molecule has 5 heteroatoms.